The molecular formula is C12H14N4. The maximum Gasteiger partial charge on any atom is 0.0568 e. The summed E-state index contributed by atoms with van der Waals surface area (Å²) in [4.78, 5) is 4.04. The largest absolute Gasteiger partial charge is 0.397 e. The summed E-state index contributed by atoms with van der Waals surface area (Å²) in [5.74, 6) is 0. The molecule has 5 N–H and O–H groups in total. The zero-order chi connectivity index (χ0) is 11.4. The third kappa shape index (κ3) is 2.42. The number of nitrogen functional groups attached to an aromatic ring is 2. The molecule has 0 radical (unpaired) electrons. The minimum absolute atomic E-state index is 0.594. The van der Waals surface area contributed by atoms with Crippen molar-refractivity contribution in [2.45, 2.75) is 6.54 Å². The standard InChI is InChI=1S/C12H14N4/c13-11-4-3-10(6-12(11)14)16-8-9-2-1-5-15-7-9/h1-7,16H,8,13-14H2. The van der Waals surface area contributed by atoms with Gasteiger partial charge in [-0.25, -0.2) is 0 Å². The Morgan fingerprint density at radius 3 is 2.69 bits per heavy atom. The third-order valence-corrected chi connectivity index (χ3v) is 2.31. The minimum atomic E-state index is 0.594. The van der Waals surface area contributed by atoms with Crippen molar-refractivity contribution in [1.29, 1.82) is 0 Å². The normalized spacial score (nSPS) is 10.0. The van der Waals surface area contributed by atoms with Crippen LogP contribution in [-0.4, -0.2) is 4.98 Å². The summed E-state index contributed by atoms with van der Waals surface area (Å²) in [5, 5.41) is 3.25. The van der Waals surface area contributed by atoms with Gasteiger partial charge >= 0.3 is 0 Å². The summed E-state index contributed by atoms with van der Waals surface area (Å²) in [6, 6.07) is 9.45. The van der Waals surface area contributed by atoms with Crippen molar-refractivity contribution < 1.29 is 0 Å². The third-order valence-electron chi connectivity index (χ3n) is 2.31. The number of nitrogens with zero attached hydrogens (tertiary/aromatic N) is 1. The second-order valence-electron chi connectivity index (χ2n) is 3.56. The molecule has 1 aromatic heterocycles. The molecule has 0 atom stereocenters. The fraction of sp³-hybridized carbons (Fsp3) is 0.0833. The Balaban J connectivity index is 2.03. The van der Waals surface area contributed by atoms with Crippen molar-refractivity contribution in [1.82, 2.24) is 4.98 Å². The molecule has 0 aliphatic heterocycles. The molecule has 1 heterocycles. The number of benzene rings is 1. The van der Waals surface area contributed by atoms with E-state index in [1.165, 1.54) is 0 Å². The molecule has 4 nitrogen and oxygen atoms in total. The molecule has 2 aromatic rings. The van der Waals surface area contributed by atoms with Gasteiger partial charge in [0.15, 0.2) is 0 Å². The number of anilines is 3. The molecule has 0 saturated carbocycles. The highest BCUT2D eigenvalue weighted by molar-refractivity contribution is 5.69. The van der Waals surface area contributed by atoms with Crippen LogP contribution in [0.1, 0.15) is 5.56 Å². The summed E-state index contributed by atoms with van der Waals surface area (Å²) < 4.78 is 0. The lowest BCUT2D eigenvalue weighted by Crippen LogP contribution is -2.01. The average Bonchev–Trinajstić information content (AvgIpc) is 2.32. The Hall–Kier alpha value is -2.23. The number of pyridine rings is 1. The van der Waals surface area contributed by atoms with E-state index in [0.717, 1.165) is 17.8 Å². The minimum Gasteiger partial charge on any atom is -0.397 e. The molecule has 0 fully saturated rings. The first kappa shape index (κ1) is 10.3. The van der Waals surface area contributed by atoms with E-state index in [-0.39, 0.29) is 0 Å². The van der Waals surface area contributed by atoms with E-state index in [1.54, 1.807) is 12.3 Å². The van der Waals surface area contributed by atoms with Gasteiger partial charge in [0.1, 0.15) is 0 Å². The molecule has 0 unspecified atom stereocenters. The van der Waals surface area contributed by atoms with Gasteiger partial charge in [0.2, 0.25) is 0 Å². The number of rotatable bonds is 3. The van der Waals surface area contributed by atoms with Gasteiger partial charge in [-0.3, -0.25) is 4.98 Å². The van der Waals surface area contributed by atoms with E-state index in [1.807, 2.05) is 30.5 Å². The highest BCUT2D eigenvalue weighted by Gasteiger charge is 1.97. The number of hydrogen-bond acceptors (Lipinski definition) is 4. The van der Waals surface area contributed by atoms with E-state index in [4.69, 9.17) is 11.5 Å². The smallest absolute Gasteiger partial charge is 0.0568 e. The highest BCUT2D eigenvalue weighted by Crippen LogP contribution is 2.19. The molecule has 0 bridgehead atoms. The summed E-state index contributed by atoms with van der Waals surface area (Å²) in [6.07, 6.45) is 3.58. The lowest BCUT2D eigenvalue weighted by molar-refractivity contribution is 1.11. The van der Waals surface area contributed by atoms with Gasteiger partial charge in [-0.2, -0.15) is 0 Å². The maximum atomic E-state index is 5.71. The number of aromatic nitrogens is 1. The molecule has 82 valence electrons. The van der Waals surface area contributed by atoms with E-state index in [2.05, 4.69) is 10.3 Å². The Labute approximate surface area is 94.3 Å². The second kappa shape index (κ2) is 4.53. The van der Waals surface area contributed by atoms with E-state index in [9.17, 15) is 0 Å². The molecule has 1 aromatic carbocycles. The van der Waals surface area contributed by atoms with Crippen molar-refractivity contribution in [3.05, 3.63) is 48.3 Å². The zero-order valence-corrected chi connectivity index (χ0v) is 8.85. The first-order chi connectivity index (χ1) is 7.75. The van der Waals surface area contributed by atoms with Crippen LogP contribution in [0.4, 0.5) is 17.1 Å². The number of hydrogen-bond donors (Lipinski definition) is 3. The summed E-state index contributed by atoms with van der Waals surface area (Å²) in [7, 11) is 0. The predicted octanol–water partition coefficient (Wildman–Crippen LogP) is 1.86. The quantitative estimate of drug-likeness (QED) is 0.681. The Kier molecular flexibility index (Phi) is 2.91. The first-order valence-corrected chi connectivity index (χ1v) is 5.03. The van der Waals surface area contributed by atoms with Crippen LogP contribution >= 0.6 is 0 Å². The van der Waals surface area contributed by atoms with Crippen LogP contribution < -0.4 is 16.8 Å². The molecule has 16 heavy (non-hydrogen) atoms. The topological polar surface area (TPSA) is 77.0 Å². The van der Waals surface area contributed by atoms with Crippen molar-refractivity contribution in [3.63, 3.8) is 0 Å². The molecule has 0 saturated heterocycles. The molecule has 0 spiro atoms. The van der Waals surface area contributed by atoms with Crippen LogP contribution in [0, 0.1) is 0 Å². The maximum absolute atomic E-state index is 5.71. The lowest BCUT2D eigenvalue weighted by atomic mass is 10.2. The number of nitrogens with one attached hydrogen (secondary N) is 1. The van der Waals surface area contributed by atoms with Crippen LogP contribution in [-0.2, 0) is 6.54 Å². The van der Waals surface area contributed by atoms with Gasteiger partial charge in [-0.05, 0) is 29.8 Å². The van der Waals surface area contributed by atoms with E-state index in [0.29, 0.717) is 11.4 Å². The van der Waals surface area contributed by atoms with Crippen molar-refractivity contribution >= 4 is 17.1 Å². The highest BCUT2D eigenvalue weighted by atomic mass is 14.9. The lowest BCUT2D eigenvalue weighted by Gasteiger charge is -2.08. The Morgan fingerprint density at radius 2 is 2.00 bits per heavy atom. The van der Waals surface area contributed by atoms with Crippen LogP contribution in [0.5, 0.6) is 0 Å². The molecule has 4 heteroatoms. The van der Waals surface area contributed by atoms with Crippen LogP contribution in [0.2, 0.25) is 0 Å². The fourth-order valence-electron chi connectivity index (χ4n) is 1.39. The zero-order valence-electron chi connectivity index (χ0n) is 8.85. The SMILES string of the molecule is Nc1ccc(NCc2cccnc2)cc1N. The summed E-state index contributed by atoms with van der Waals surface area (Å²) >= 11 is 0. The van der Waals surface area contributed by atoms with Crippen molar-refractivity contribution in [3.8, 4) is 0 Å². The van der Waals surface area contributed by atoms with Gasteiger partial charge in [0.05, 0.1) is 11.4 Å². The van der Waals surface area contributed by atoms with Crippen LogP contribution in [0.3, 0.4) is 0 Å². The molecule has 0 amide bonds. The Morgan fingerprint density at radius 1 is 1.12 bits per heavy atom. The molecule has 2 rings (SSSR count). The van der Waals surface area contributed by atoms with E-state index < -0.39 is 0 Å². The van der Waals surface area contributed by atoms with Gasteiger partial charge < -0.3 is 16.8 Å². The van der Waals surface area contributed by atoms with Gasteiger partial charge in [0, 0.05) is 24.6 Å². The average molecular weight is 214 g/mol. The van der Waals surface area contributed by atoms with Gasteiger partial charge in [0.25, 0.3) is 0 Å². The van der Waals surface area contributed by atoms with Crippen LogP contribution in [0.15, 0.2) is 42.7 Å². The number of nitrogens with two attached hydrogens (primary N) is 2. The van der Waals surface area contributed by atoms with Gasteiger partial charge in [-0.1, -0.05) is 6.07 Å². The molecule has 0 aliphatic carbocycles. The van der Waals surface area contributed by atoms with Crippen LogP contribution in [0.25, 0.3) is 0 Å². The molecular weight excluding hydrogens is 200 g/mol. The van der Waals surface area contributed by atoms with E-state index >= 15 is 0 Å². The fourth-order valence-corrected chi connectivity index (χ4v) is 1.39. The Bertz CT molecular complexity index is 468. The predicted molar refractivity (Wildman–Crippen MR) is 66.8 cm³/mol. The second-order valence-corrected chi connectivity index (χ2v) is 3.56. The first-order valence-electron chi connectivity index (χ1n) is 5.03. The summed E-state index contributed by atoms with van der Waals surface area (Å²) in [5.41, 5.74) is 14.6. The van der Waals surface area contributed by atoms with Gasteiger partial charge in [-0.15, -0.1) is 0 Å². The molecule has 0 aliphatic rings. The van der Waals surface area contributed by atoms with Crippen molar-refractivity contribution in [2.75, 3.05) is 16.8 Å². The monoisotopic (exact) mass is 214 g/mol. The van der Waals surface area contributed by atoms with Crippen molar-refractivity contribution in [2.24, 2.45) is 0 Å². The summed E-state index contributed by atoms with van der Waals surface area (Å²) in [6.45, 7) is 0.719.